The van der Waals surface area contributed by atoms with Crippen LogP contribution in [0.1, 0.15) is 132 Å². The first kappa shape index (κ1) is 59.3. The molecular formula is C82H68N8O4. The molecule has 15 rings (SSSR count). The zero-order valence-electron chi connectivity index (χ0n) is 52.7. The molecule has 0 saturated heterocycles. The van der Waals surface area contributed by atoms with Crippen molar-refractivity contribution in [3.63, 3.8) is 0 Å². The molecule has 0 unspecified atom stereocenters. The number of carbonyl (C=O) groups is 4. The van der Waals surface area contributed by atoms with Crippen molar-refractivity contribution >= 4 is 66.7 Å². The fourth-order valence-corrected chi connectivity index (χ4v) is 14.2. The van der Waals surface area contributed by atoms with Crippen molar-refractivity contribution in [1.82, 2.24) is 39.7 Å². The van der Waals surface area contributed by atoms with Crippen LogP contribution in [0, 0.1) is 0 Å². The number of hydrogen-bond donors (Lipinski definition) is 0. The molecule has 6 aromatic heterocycles. The van der Waals surface area contributed by atoms with Crippen molar-refractivity contribution in [2.24, 2.45) is 0 Å². The number of carbonyl (C=O) groups excluding carboxylic acids is 4. The summed E-state index contributed by atoms with van der Waals surface area (Å²) in [4.78, 5) is 92.9. The number of amides is 4. The number of unbranched alkanes of at least 4 members (excludes halogenated alkanes) is 10. The van der Waals surface area contributed by atoms with Crippen molar-refractivity contribution in [3.8, 4) is 90.1 Å². The Kier molecular flexibility index (Phi) is 16.2. The maximum Gasteiger partial charge on any atom is 0.261 e. The van der Waals surface area contributed by atoms with Crippen molar-refractivity contribution in [3.05, 3.63) is 229 Å². The zero-order chi connectivity index (χ0) is 63.8. The largest absolute Gasteiger partial charge is 0.274 e. The van der Waals surface area contributed by atoms with Gasteiger partial charge in [-0.25, -0.2) is 9.97 Å². The second kappa shape index (κ2) is 25.6. The van der Waals surface area contributed by atoms with Crippen LogP contribution in [0.4, 0.5) is 0 Å². The highest BCUT2D eigenvalue weighted by atomic mass is 16.2. The Hall–Kier alpha value is -11.0. The van der Waals surface area contributed by atoms with Crippen molar-refractivity contribution in [2.45, 2.75) is 90.9 Å². The first-order valence-corrected chi connectivity index (χ1v) is 33.2. The number of aromatic nitrogens is 6. The van der Waals surface area contributed by atoms with Crippen molar-refractivity contribution in [1.29, 1.82) is 0 Å². The third-order valence-electron chi connectivity index (χ3n) is 18.9. The fourth-order valence-electron chi connectivity index (χ4n) is 14.2. The molecule has 2 aliphatic rings. The Labute approximate surface area is 545 Å². The van der Waals surface area contributed by atoms with E-state index >= 15 is 19.2 Å². The molecule has 0 aliphatic carbocycles. The number of rotatable bonds is 22. The number of imide groups is 2. The Morgan fingerprint density at radius 3 is 0.915 bits per heavy atom. The third kappa shape index (κ3) is 10.8. The van der Waals surface area contributed by atoms with E-state index in [-0.39, 0.29) is 23.6 Å². The number of fused-ring (bicyclic) bond motifs is 2. The standard InChI is InChI=1S/C82H68N8O4/c1-3-5-7-9-11-21-43-89-79(91)59-37-35-57-74-62(54-33-29-52(30-34-54)56-47-71(67-25-15-19-41-85-67)88-72(48-56)68-26-16-20-42-86-68)50-64-76-60(80(92)90(82(64)94)44-22-12-10-8-6-4-2)38-36-58(78(74)76)73-61(49-63(81(89)93)75(59)77(57)73)53-31-27-51(28-32-53)55-45-69(65-23-13-17-39-83-65)87-70(46-55)66-24-14-18-40-84-66/h13-20,23-42,45-50H,3-12,21-22,43-44H2,1-2H3. The van der Waals surface area contributed by atoms with Crippen LogP contribution in [-0.4, -0.2) is 76.4 Å². The van der Waals surface area contributed by atoms with Crippen LogP contribution in [0.25, 0.3) is 133 Å². The Morgan fingerprint density at radius 1 is 0.266 bits per heavy atom. The van der Waals surface area contributed by atoms with Crippen LogP contribution in [0.2, 0.25) is 0 Å². The smallest absolute Gasteiger partial charge is 0.261 e. The lowest BCUT2D eigenvalue weighted by molar-refractivity contribution is 0.0592. The minimum Gasteiger partial charge on any atom is -0.274 e. The average molecular weight is 1230 g/mol. The molecule has 460 valence electrons. The van der Waals surface area contributed by atoms with Crippen LogP contribution in [-0.2, 0) is 0 Å². The van der Waals surface area contributed by atoms with E-state index in [1.54, 1.807) is 24.8 Å². The van der Waals surface area contributed by atoms with Gasteiger partial charge in [-0.1, -0.05) is 163 Å². The number of benzene rings is 7. The van der Waals surface area contributed by atoms with Crippen molar-refractivity contribution in [2.75, 3.05) is 13.1 Å². The summed E-state index contributed by atoms with van der Waals surface area (Å²) in [6.45, 7) is 5.01. The normalized spacial score (nSPS) is 13.0. The van der Waals surface area contributed by atoms with E-state index in [4.69, 9.17) is 9.97 Å². The predicted molar refractivity (Wildman–Crippen MR) is 375 cm³/mol. The topological polar surface area (TPSA) is 152 Å². The highest BCUT2D eigenvalue weighted by Gasteiger charge is 2.39. The summed E-state index contributed by atoms with van der Waals surface area (Å²) in [6, 6.07) is 60.0. The summed E-state index contributed by atoms with van der Waals surface area (Å²) >= 11 is 0. The number of nitrogens with zero attached hydrogens (tertiary/aromatic N) is 8. The van der Waals surface area contributed by atoms with Gasteiger partial charge in [0.25, 0.3) is 23.6 Å². The third-order valence-corrected chi connectivity index (χ3v) is 18.9. The van der Waals surface area contributed by atoms with Crippen LogP contribution in [0.3, 0.4) is 0 Å². The Bertz CT molecular complexity index is 4630. The van der Waals surface area contributed by atoms with Gasteiger partial charge in [0.2, 0.25) is 0 Å². The monoisotopic (exact) mass is 1230 g/mol. The Morgan fingerprint density at radius 2 is 0.585 bits per heavy atom. The molecule has 0 atom stereocenters. The quantitative estimate of drug-likeness (QED) is 0.0277. The lowest BCUT2D eigenvalue weighted by Crippen LogP contribution is -2.41. The van der Waals surface area contributed by atoms with Gasteiger partial charge in [-0.05, 0) is 187 Å². The summed E-state index contributed by atoms with van der Waals surface area (Å²) in [5.41, 5.74) is 14.6. The highest BCUT2D eigenvalue weighted by molar-refractivity contribution is 6.44. The maximum absolute atomic E-state index is 15.5. The van der Waals surface area contributed by atoms with Gasteiger partial charge in [-0.3, -0.25) is 48.9 Å². The molecule has 0 bridgehead atoms. The van der Waals surface area contributed by atoms with E-state index in [1.165, 1.54) is 9.80 Å². The second-order valence-electron chi connectivity index (χ2n) is 24.8. The van der Waals surface area contributed by atoms with Gasteiger partial charge in [0, 0.05) is 70.9 Å². The van der Waals surface area contributed by atoms with Crippen LogP contribution >= 0.6 is 0 Å². The molecule has 0 N–H and O–H groups in total. The first-order valence-electron chi connectivity index (χ1n) is 33.2. The zero-order valence-corrected chi connectivity index (χ0v) is 52.7. The molecule has 13 aromatic rings. The molecule has 0 fully saturated rings. The van der Waals surface area contributed by atoms with Gasteiger partial charge in [0.1, 0.15) is 0 Å². The summed E-state index contributed by atoms with van der Waals surface area (Å²) in [5, 5.41) is 6.01. The van der Waals surface area contributed by atoms with E-state index in [0.29, 0.717) is 81.7 Å². The van der Waals surface area contributed by atoms with Gasteiger partial charge in [0.05, 0.1) is 45.6 Å². The summed E-state index contributed by atoms with van der Waals surface area (Å²) in [5.74, 6) is -1.27. The lowest BCUT2D eigenvalue weighted by atomic mass is 9.77. The second-order valence-corrected chi connectivity index (χ2v) is 24.8. The fraction of sp³-hybridized carbons (Fsp3) is 0.195. The predicted octanol–water partition coefficient (Wildman–Crippen LogP) is 19.4. The summed E-state index contributed by atoms with van der Waals surface area (Å²) < 4.78 is 0. The van der Waals surface area contributed by atoms with E-state index in [2.05, 4.69) is 82.3 Å². The molecule has 0 saturated carbocycles. The van der Waals surface area contributed by atoms with Gasteiger partial charge in [-0.15, -0.1) is 0 Å². The molecule has 12 nitrogen and oxygen atoms in total. The summed E-state index contributed by atoms with van der Waals surface area (Å²) in [7, 11) is 0. The molecule has 7 aromatic carbocycles. The summed E-state index contributed by atoms with van der Waals surface area (Å²) in [6.07, 6.45) is 19.1. The van der Waals surface area contributed by atoms with Crippen LogP contribution in [0.5, 0.6) is 0 Å². The van der Waals surface area contributed by atoms with Gasteiger partial charge in [-0.2, -0.15) is 0 Å². The first-order chi connectivity index (χ1) is 46.2. The van der Waals surface area contributed by atoms with E-state index < -0.39 is 0 Å². The average Bonchev–Trinajstić information content (AvgIpc) is 0.679. The maximum atomic E-state index is 15.5. The van der Waals surface area contributed by atoms with Gasteiger partial charge >= 0.3 is 0 Å². The number of pyridine rings is 6. The van der Waals surface area contributed by atoms with E-state index in [0.717, 1.165) is 164 Å². The molecule has 12 heteroatoms. The lowest BCUT2D eigenvalue weighted by Gasteiger charge is -2.32. The van der Waals surface area contributed by atoms with Crippen LogP contribution in [0.15, 0.2) is 207 Å². The van der Waals surface area contributed by atoms with Crippen molar-refractivity contribution < 1.29 is 19.2 Å². The molecule has 8 heterocycles. The minimum absolute atomic E-state index is 0.310. The molecule has 4 amide bonds. The van der Waals surface area contributed by atoms with Crippen LogP contribution < -0.4 is 0 Å². The number of hydrogen-bond acceptors (Lipinski definition) is 10. The molecule has 2 aliphatic heterocycles. The van der Waals surface area contributed by atoms with E-state index in [9.17, 15) is 0 Å². The molecule has 94 heavy (non-hydrogen) atoms. The molecule has 0 radical (unpaired) electrons. The molecule has 0 spiro atoms. The van der Waals surface area contributed by atoms with Gasteiger partial charge < -0.3 is 0 Å². The van der Waals surface area contributed by atoms with Gasteiger partial charge in [0.15, 0.2) is 0 Å². The highest BCUT2D eigenvalue weighted by Crippen LogP contribution is 2.52. The molecular weight excluding hydrogens is 1160 g/mol. The minimum atomic E-state index is -0.324. The SMILES string of the molecule is CCCCCCCCN1C(=O)c2ccc3c4c(-c5ccc(-c6cc(-c7ccccn7)nc(-c7ccccn7)c6)cc5)cc5c6c(ccc(c7c(-c8ccc(-c9cc(-c%10ccccn%10)nc(-c%10ccccn%10)c9)cc8)cc(c2c37)C1=O)c64)C(=O)N(CCCCCCCC)C5=O. The van der Waals surface area contributed by atoms with E-state index in [1.807, 2.05) is 133 Å². The Balaban J connectivity index is 0.945.